The number of alkyl halides is 3. The van der Waals surface area contributed by atoms with Crippen molar-refractivity contribution in [3.05, 3.63) is 18.2 Å². The maximum Gasteiger partial charge on any atom is 0.446 e. The Balaban J connectivity index is 2.33. The molecule has 1 aliphatic heterocycles. The van der Waals surface area contributed by atoms with Crippen molar-refractivity contribution in [2.45, 2.75) is 29.8 Å². The van der Waals surface area contributed by atoms with E-state index >= 15 is 0 Å². The molecule has 5 nitrogen and oxygen atoms in total. The summed E-state index contributed by atoms with van der Waals surface area (Å²) >= 11 is -0.349. The molecule has 2 rings (SSSR count). The molecular formula is C12H12F3N3O2S. The summed E-state index contributed by atoms with van der Waals surface area (Å²) in [5.41, 5.74) is 0.0190. The average Bonchev–Trinajstić information content (AvgIpc) is 2.50. The van der Waals surface area contributed by atoms with Gasteiger partial charge in [-0.3, -0.25) is 4.79 Å². The topological polar surface area (TPSA) is 75.4 Å². The highest BCUT2D eigenvalue weighted by Crippen LogP contribution is 2.41. The van der Waals surface area contributed by atoms with Gasteiger partial charge in [0.25, 0.3) is 5.91 Å². The summed E-state index contributed by atoms with van der Waals surface area (Å²) in [6.45, 7) is 3.06. The van der Waals surface area contributed by atoms with Gasteiger partial charge in [-0.15, -0.1) is 0 Å². The Morgan fingerprint density at radius 2 is 1.90 bits per heavy atom. The van der Waals surface area contributed by atoms with Crippen molar-refractivity contribution in [3.63, 3.8) is 0 Å². The number of hydrogen-bond acceptors (Lipinski definition) is 4. The van der Waals surface area contributed by atoms with Crippen molar-refractivity contribution in [2.24, 2.45) is 0 Å². The van der Waals surface area contributed by atoms with Crippen LogP contribution in [-0.2, 0) is 4.79 Å². The van der Waals surface area contributed by atoms with Crippen LogP contribution in [0.1, 0.15) is 13.8 Å². The Hall–Kier alpha value is -1.90. The molecule has 1 aromatic rings. The van der Waals surface area contributed by atoms with E-state index in [0.29, 0.717) is 0 Å². The molecule has 0 spiro atoms. The highest BCUT2D eigenvalue weighted by molar-refractivity contribution is 8.00. The number of imide groups is 1. The van der Waals surface area contributed by atoms with E-state index in [1.807, 2.05) is 0 Å². The normalized spacial score (nSPS) is 18.0. The van der Waals surface area contributed by atoms with Crippen LogP contribution in [0, 0.1) is 0 Å². The first-order chi connectivity index (χ1) is 9.51. The Bertz CT molecular complexity index is 616. The van der Waals surface area contributed by atoms with E-state index in [1.165, 1.54) is 26.0 Å². The largest absolute Gasteiger partial charge is 0.446 e. The molecule has 9 heteroatoms. The predicted octanol–water partition coefficient (Wildman–Crippen LogP) is 2.72. The Morgan fingerprint density at radius 1 is 1.29 bits per heavy atom. The lowest BCUT2D eigenvalue weighted by molar-refractivity contribution is -0.121. The molecule has 114 valence electrons. The molecule has 1 aromatic carbocycles. The number of amides is 3. The summed E-state index contributed by atoms with van der Waals surface area (Å²) in [4.78, 5) is 24.5. The van der Waals surface area contributed by atoms with Crippen molar-refractivity contribution in [1.82, 2.24) is 5.32 Å². The molecule has 0 unspecified atom stereocenters. The van der Waals surface area contributed by atoms with Crippen molar-refractivity contribution in [3.8, 4) is 0 Å². The predicted molar refractivity (Wildman–Crippen MR) is 72.9 cm³/mol. The van der Waals surface area contributed by atoms with E-state index in [2.05, 4.69) is 5.32 Å². The molecule has 21 heavy (non-hydrogen) atoms. The highest BCUT2D eigenvalue weighted by Gasteiger charge is 2.45. The van der Waals surface area contributed by atoms with Crippen LogP contribution in [0.2, 0.25) is 0 Å². The number of thioether (sulfide) groups is 1. The maximum atomic E-state index is 12.3. The Kier molecular flexibility index (Phi) is 3.56. The van der Waals surface area contributed by atoms with Gasteiger partial charge < -0.3 is 11.1 Å². The zero-order chi connectivity index (χ0) is 16.0. The lowest BCUT2D eigenvalue weighted by Crippen LogP contribution is -2.40. The minimum absolute atomic E-state index is 0.132. The number of urea groups is 1. The third kappa shape index (κ3) is 3.07. The van der Waals surface area contributed by atoms with Gasteiger partial charge in [0.1, 0.15) is 5.54 Å². The lowest BCUT2D eigenvalue weighted by Gasteiger charge is -2.17. The van der Waals surface area contributed by atoms with Crippen molar-refractivity contribution in [2.75, 3.05) is 10.6 Å². The van der Waals surface area contributed by atoms with Crippen LogP contribution >= 0.6 is 11.8 Å². The fourth-order valence-electron chi connectivity index (χ4n) is 1.88. The third-order valence-corrected chi connectivity index (χ3v) is 3.66. The average molecular weight is 319 g/mol. The lowest BCUT2D eigenvalue weighted by atomic mass is 10.1. The van der Waals surface area contributed by atoms with Crippen molar-refractivity contribution < 1.29 is 22.8 Å². The first-order valence-corrected chi connectivity index (χ1v) is 6.65. The minimum atomic E-state index is -4.46. The second-order valence-electron chi connectivity index (χ2n) is 4.97. The molecule has 1 aliphatic rings. The van der Waals surface area contributed by atoms with Gasteiger partial charge >= 0.3 is 11.5 Å². The zero-order valence-electron chi connectivity index (χ0n) is 11.1. The fraction of sp³-hybridized carbons (Fsp3) is 0.333. The van der Waals surface area contributed by atoms with Crippen LogP contribution in [0.3, 0.4) is 0 Å². The van der Waals surface area contributed by atoms with E-state index in [4.69, 9.17) is 5.73 Å². The van der Waals surface area contributed by atoms with E-state index in [0.717, 1.165) is 11.0 Å². The summed E-state index contributed by atoms with van der Waals surface area (Å²) in [5.74, 6) is -0.497. The van der Waals surface area contributed by atoms with Gasteiger partial charge in [-0.05, 0) is 43.8 Å². The smallest absolute Gasteiger partial charge is 0.398 e. The van der Waals surface area contributed by atoms with Crippen LogP contribution in [0.15, 0.2) is 23.1 Å². The molecule has 0 radical (unpaired) electrons. The number of nitrogen functional groups attached to an aromatic ring is 1. The number of halogens is 3. The van der Waals surface area contributed by atoms with Gasteiger partial charge in [0, 0.05) is 10.6 Å². The number of nitrogens with two attached hydrogens (primary N) is 1. The fourth-order valence-corrected chi connectivity index (χ4v) is 2.44. The SMILES string of the molecule is CC1(C)NC(=O)N(c2ccc(SC(F)(F)F)c(N)c2)C1=O. The van der Waals surface area contributed by atoms with Crippen molar-refractivity contribution in [1.29, 1.82) is 0 Å². The van der Waals surface area contributed by atoms with E-state index < -0.39 is 23.0 Å². The molecule has 3 amide bonds. The third-order valence-electron chi connectivity index (χ3n) is 2.84. The summed E-state index contributed by atoms with van der Waals surface area (Å²) in [7, 11) is 0. The van der Waals surface area contributed by atoms with E-state index in [9.17, 15) is 22.8 Å². The molecule has 1 saturated heterocycles. The van der Waals surface area contributed by atoms with E-state index in [1.54, 1.807) is 0 Å². The number of carbonyl (C=O) groups excluding carboxylic acids is 2. The van der Waals surface area contributed by atoms with Crippen LogP contribution < -0.4 is 16.0 Å². The van der Waals surface area contributed by atoms with Gasteiger partial charge in [0.2, 0.25) is 0 Å². The standard InChI is InChI=1S/C12H12F3N3O2S/c1-11(2)9(19)18(10(20)17-11)6-3-4-8(7(16)5-6)21-12(13,14)15/h3-5H,16H2,1-2H3,(H,17,20). The zero-order valence-corrected chi connectivity index (χ0v) is 11.9. The Morgan fingerprint density at radius 3 is 2.33 bits per heavy atom. The molecule has 0 aromatic heterocycles. The molecule has 0 saturated carbocycles. The minimum Gasteiger partial charge on any atom is -0.398 e. The van der Waals surface area contributed by atoms with Crippen LogP contribution in [0.5, 0.6) is 0 Å². The van der Waals surface area contributed by atoms with Gasteiger partial charge in [-0.1, -0.05) is 0 Å². The molecule has 3 N–H and O–H groups in total. The van der Waals surface area contributed by atoms with Crippen LogP contribution in [-0.4, -0.2) is 23.0 Å². The maximum absolute atomic E-state index is 12.3. The second kappa shape index (κ2) is 4.83. The van der Waals surface area contributed by atoms with Crippen molar-refractivity contribution >= 4 is 35.1 Å². The van der Waals surface area contributed by atoms with Gasteiger partial charge in [0.15, 0.2) is 0 Å². The number of hydrogen-bond donors (Lipinski definition) is 2. The van der Waals surface area contributed by atoms with E-state index in [-0.39, 0.29) is 28.0 Å². The number of anilines is 2. The number of nitrogens with one attached hydrogen (secondary N) is 1. The number of benzene rings is 1. The second-order valence-corrected chi connectivity index (χ2v) is 6.07. The summed E-state index contributed by atoms with van der Waals surface area (Å²) < 4.78 is 37.0. The molecule has 1 heterocycles. The number of rotatable bonds is 2. The van der Waals surface area contributed by atoms with Crippen LogP contribution in [0.4, 0.5) is 29.3 Å². The van der Waals surface area contributed by atoms with Crippen LogP contribution in [0.25, 0.3) is 0 Å². The van der Waals surface area contributed by atoms with Gasteiger partial charge in [-0.25, -0.2) is 9.69 Å². The molecule has 0 aliphatic carbocycles. The molecular weight excluding hydrogens is 307 g/mol. The summed E-state index contributed by atoms with van der Waals surface area (Å²) in [6.07, 6.45) is 0. The Labute approximate surface area is 122 Å². The first kappa shape index (κ1) is 15.5. The van der Waals surface area contributed by atoms with Gasteiger partial charge in [0.05, 0.1) is 5.69 Å². The molecule has 0 atom stereocenters. The molecule has 0 bridgehead atoms. The number of nitrogens with zero attached hydrogens (tertiary/aromatic N) is 1. The monoisotopic (exact) mass is 319 g/mol. The highest BCUT2D eigenvalue weighted by atomic mass is 32.2. The first-order valence-electron chi connectivity index (χ1n) is 5.83. The quantitative estimate of drug-likeness (QED) is 0.499. The summed E-state index contributed by atoms with van der Waals surface area (Å²) in [6, 6.07) is 2.92. The number of carbonyl (C=O) groups is 2. The molecule has 1 fully saturated rings. The van der Waals surface area contributed by atoms with Gasteiger partial charge in [-0.2, -0.15) is 13.2 Å². The summed E-state index contributed by atoms with van der Waals surface area (Å²) in [5, 5.41) is 2.48.